The van der Waals surface area contributed by atoms with Crippen molar-refractivity contribution < 1.29 is 8.78 Å². The lowest BCUT2D eigenvalue weighted by atomic mass is 10.3. The van der Waals surface area contributed by atoms with Crippen molar-refractivity contribution >= 4 is 11.8 Å². The Bertz CT molecular complexity index is 761. The lowest BCUT2D eigenvalue weighted by molar-refractivity contribution is 0.559. The summed E-state index contributed by atoms with van der Waals surface area (Å²) in [5, 5.41) is 8.34. The number of nitrogens with zero attached hydrogens (tertiary/aromatic N) is 4. The van der Waals surface area contributed by atoms with Crippen LogP contribution >= 0.6 is 11.8 Å². The summed E-state index contributed by atoms with van der Waals surface area (Å²) in [6.07, 6.45) is 3.33. The molecule has 22 heavy (non-hydrogen) atoms. The summed E-state index contributed by atoms with van der Waals surface area (Å²) >= 11 is 1.67. The summed E-state index contributed by atoms with van der Waals surface area (Å²) in [5.41, 5.74) is 1.74. The quantitative estimate of drug-likeness (QED) is 0.723. The number of aryl methyl sites for hydroxylation is 1. The normalized spacial score (nSPS) is 11.0. The van der Waals surface area contributed by atoms with Crippen LogP contribution in [0.15, 0.2) is 42.7 Å². The Labute approximate surface area is 130 Å². The Morgan fingerprint density at radius 1 is 1.09 bits per heavy atom. The molecule has 0 N–H and O–H groups in total. The fraction of sp³-hybridized carbons (Fsp3) is 0.200. The molecule has 0 spiro atoms. The molecule has 0 aliphatic rings. The highest BCUT2D eigenvalue weighted by molar-refractivity contribution is 7.97. The van der Waals surface area contributed by atoms with Crippen LogP contribution in [-0.4, -0.2) is 19.6 Å². The van der Waals surface area contributed by atoms with E-state index in [0.29, 0.717) is 5.75 Å². The lowest BCUT2D eigenvalue weighted by Gasteiger charge is -2.04. The molecule has 3 aromatic rings. The van der Waals surface area contributed by atoms with E-state index in [-0.39, 0.29) is 5.69 Å². The zero-order chi connectivity index (χ0) is 15.5. The number of halogens is 2. The van der Waals surface area contributed by atoms with Gasteiger partial charge in [0.25, 0.3) is 0 Å². The maximum absolute atomic E-state index is 13.7. The molecule has 0 saturated heterocycles. The second-order valence-electron chi connectivity index (χ2n) is 4.76. The van der Waals surface area contributed by atoms with Crippen LogP contribution < -0.4 is 0 Å². The molecule has 2 heterocycles. The third-order valence-corrected chi connectivity index (χ3v) is 4.23. The van der Waals surface area contributed by atoms with E-state index in [4.69, 9.17) is 0 Å². The molecule has 0 unspecified atom stereocenters. The van der Waals surface area contributed by atoms with Gasteiger partial charge in [-0.15, -0.1) is 11.8 Å². The van der Waals surface area contributed by atoms with Crippen LogP contribution in [0.2, 0.25) is 0 Å². The fourth-order valence-corrected chi connectivity index (χ4v) is 3.03. The van der Waals surface area contributed by atoms with E-state index >= 15 is 0 Å². The monoisotopic (exact) mass is 320 g/mol. The molecule has 0 aliphatic heterocycles. The number of hydrogen-bond donors (Lipinski definition) is 0. The zero-order valence-corrected chi connectivity index (χ0v) is 12.7. The average molecular weight is 320 g/mol. The summed E-state index contributed by atoms with van der Waals surface area (Å²) < 4.78 is 30.5. The minimum Gasteiger partial charge on any atom is -0.272 e. The molecule has 4 nitrogen and oxygen atoms in total. The van der Waals surface area contributed by atoms with E-state index in [2.05, 4.69) is 10.2 Å². The summed E-state index contributed by atoms with van der Waals surface area (Å²) in [6.45, 7) is 0. The largest absolute Gasteiger partial charge is 0.272 e. The minimum atomic E-state index is -0.628. The first kappa shape index (κ1) is 14.8. The van der Waals surface area contributed by atoms with Gasteiger partial charge in [-0.25, -0.2) is 13.5 Å². The van der Waals surface area contributed by atoms with Gasteiger partial charge >= 0.3 is 0 Å². The van der Waals surface area contributed by atoms with Gasteiger partial charge < -0.3 is 0 Å². The van der Waals surface area contributed by atoms with Gasteiger partial charge in [-0.3, -0.25) is 4.68 Å². The van der Waals surface area contributed by atoms with Gasteiger partial charge in [0.15, 0.2) is 11.6 Å². The van der Waals surface area contributed by atoms with Crippen LogP contribution in [-0.2, 0) is 18.6 Å². The fourth-order valence-electron chi connectivity index (χ4n) is 2.07. The van der Waals surface area contributed by atoms with Gasteiger partial charge in [0.1, 0.15) is 5.69 Å². The molecule has 0 amide bonds. The first-order chi connectivity index (χ1) is 10.6. The van der Waals surface area contributed by atoms with Gasteiger partial charge in [-0.05, 0) is 24.3 Å². The number of aromatic nitrogens is 4. The summed E-state index contributed by atoms with van der Waals surface area (Å²) in [5.74, 6) is 0.209. The van der Waals surface area contributed by atoms with Gasteiger partial charge in [0.05, 0.1) is 5.69 Å². The molecule has 0 saturated carbocycles. The Morgan fingerprint density at radius 3 is 2.55 bits per heavy atom. The molecule has 0 fully saturated rings. The molecule has 1 aromatic carbocycles. The van der Waals surface area contributed by atoms with Gasteiger partial charge in [0, 0.05) is 36.6 Å². The maximum atomic E-state index is 13.7. The summed E-state index contributed by atoms with van der Waals surface area (Å²) in [7, 11) is 1.89. The number of hydrogen-bond acceptors (Lipinski definition) is 3. The van der Waals surface area contributed by atoms with Gasteiger partial charge in [-0.1, -0.05) is 6.07 Å². The lowest BCUT2D eigenvalue weighted by Crippen LogP contribution is -2.02. The second-order valence-corrected chi connectivity index (χ2v) is 5.75. The van der Waals surface area contributed by atoms with E-state index in [1.807, 2.05) is 17.8 Å². The first-order valence-electron chi connectivity index (χ1n) is 6.68. The van der Waals surface area contributed by atoms with Crippen LogP contribution in [0.25, 0.3) is 5.69 Å². The van der Waals surface area contributed by atoms with E-state index in [1.54, 1.807) is 30.2 Å². The Morgan fingerprint density at radius 2 is 1.86 bits per heavy atom. The molecule has 0 atom stereocenters. The molecule has 0 radical (unpaired) electrons. The van der Waals surface area contributed by atoms with Crippen LogP contribution in [0, 0.1) is 11.6 Å². The molecule has 7 heteroatoms. The first-order valence-corrected chi connectivity index (χ1v) is 7.84. The highest BCUT2D eigenvalue weighted by atomic mass is 32.2. The maximum Gasteiger partial charge on any atom is 0.151 e. The van der Waals surface area contributed by atoms with Crippen molar-refractivity contribution in [2.24, 2.45) is 7.05 Å². The number of para-hydroxylation sites is 1. The summed E-state index contributed by atoms with van der Waals surface area (Å²) in [6, 6.07) is 7.50. The third-order valence-electron chi connectivity index (χ3n) is 3.23. The zero-order valence-electron chi connectivity index (χ0n) is 11.9. The number of rotatable bonds is 5. The smallest absolute Gasteiger partial charge is 0.151 e. The van der Waals surface area contributed by atoms with Crippen molar-refractivity contribution in [1.29, 1.82) is 0 Å². The van der Waals surface area contributed by atoms with Crippen LogP contribution in [0.4, 0.5) is 8.78 Å². The van der Waals surface area contributed by atoms with Gasteiger partial charge in [0.2, 0.25) is 0 Å². The molecule has 2 aromatic heterocycles. The van der Waals surface area contributed by atoms with Crippen molar-refractivity contribution in [1.82, 2.24) is 19.6 Å². The minimum absolute atomic E-state index is 0.148. The van der Waals surface area contributed by atoms with Crippen molar-refractivity contribution in [2.75, 3.05) is 0 Å². The molecule has 3 rings (SSSR count). The van der Waals surface area contributed by atoms with Crippen molar-refractivity contribution in [3.8, 4) is 5.69 Å². The second kappa shape index (κ2) is 6.31. The predicted octanol–water partition coefficient (Wildman–Crippen LogP) is 3.32. The van der Waals surface area contributed by atoms with E-state index in [9.17, 15) is 8.78 Å². The average Bonchev–Trinajstić information content (AvgIpc) is 3.09. The van der Waals surface area contributed by atoms with Crippen LogP contribution in [0.1, 0.15) is 11.4 Å². The number of thioether (sulfide) groups is 1. The van der Waals surface area contributed by atoms with Crippen molar-refractivity contribution in [3.05, 3.63) is 65.7 Å². The predicted molar refractivity (Wildman–Crippen MR) is 81.7 cm³/mol. The number of benzene rings is 1. The Hall–Kier alpha value is -2.15. The van der Waals surface area contributed by atoms with Gasteiger partial charge in [-0.2, -0.15) is 10.2 Å². The summed E-state index contributed by atoms with van der Waals surface area (Å²) in [4.78, 5) is 0. The molecule has 0 bridgehead atoms. The van der Waals surface area contributed by atoms with Crippen molar-refractivity contribution in [2.45, 2.75) is 11.5 Å². The van der Waals surface area contributed by atoms with Crippen LogP contribution in [0.5, 0.6) is 0 Å². The SMILES string of the molecule is Cn1nccc1CSCc1ccn(-c2c(F)cccc2F)n1. The standard InChI is InChI=1S/C15H14F2N4S/c1-20-12(5-7-18-20)10-22-9-11-6-8-21(19-11)15-13(16)3-2-4-14(15)17/h2-8H,9-10H2,1H3. The molecule has 114 valence electrons. The third kappa shape index (κ3) is 3.04. The van der Waals surface area contributed by atoms with Crippen LogP contribution in [0.3, 0.4) is 0 Å². The Balaban J connectivity index is 1.68. The van der Waals surface area contributed by atoms with E-state index in [0.717, 1.165) is 17.1 Å². The molecular weight excluding hydrogens is 306 g/mol. The van der Waals surface area contributed by atoms with E-state index < -0.39 is 11.6 Å². The highest BCUT2D eigenvalue weighted by Gasteiger charge is 2.12. The molecular formula is C15H14F2N4S. The highest BCUT2D eigenvalue weighted by Crippen LogP contribution is 2.20. The molecule has 0 aliphatic carbocycles. The topological polar surface area (TPSA) is 35.6 Å². The van der Waals surface area contributed by atoms with Crippen molar-refractivity contribution in [3.63, 3.8) is 0 Å². The van der Waals surface area contributed by atoms with E-state index in [1.165, 1.54) is 22.9 Å². The Kier molecular flexibility index (Phi) is 4.24.